The summed E-state index contributed by atoms with van der Waals surface area (Å²) in [7, 11) is 3.31. The van der Waals surface area contributed by atoms with Gasteiger partial charge in [0.15, 0.2) is 5.82 Å². The van der Waals surface area contributed by atoms with E-state index in [1.54, 1.807) is 14.1 Å². The molecule has 0 N–H and O–H groups in total. The van der Waals surface area contributed by atoms with Crippen LogP contribution in [0.1, 0.15) is 0 Å². The lowest BCUT2D eigenvalue weighted by molar-refractivity contribution is -0.385. The molecule has 1 heterocycles. The maximum Gasteiger partial charge on any atom is 0.328 e. The molecule has 0 bridgehead atoms. The minimum Gasteiger partial charge on any atom is -0.414 e. The van der Waals surface area contributed by atoms with Crippen molar-refractivity contribution in [1.82, 2.24) is 15.0 Å². The monoisotopic (exact) mass is 313 g/mol. The van der Waals surface area contributed by atoms with Gasteiger partial charge in [0.25, 0.3) is 0 Å². The zero-order valence-corrected chi connectivity index (χ0v) is 11.7. The molecule has 21 heavy (non-hydrogen) atoms. The molecular formula is C11H9ClFN5O3. The molecule has 0 spiro atoms. The highest BCUT2D eigenvalue weighted by Gasteiger charge is 2.22. The summed E-state index contributed by atoms with van der Waals surface area (Å²) >= 11 is 5.71. The summed E-state index contributed by atoms with van der Waals surface area (Å²) in [6.45, 7) is 0. The first-order valence-corrected chi connectivity index (χ1v) is 5.96. The number of ether oxygens (including phenoxy) is 1. The summed E-state index contributed by atoms with van der Waals surface area (Å²) in [6.07, 6.45) is 0. The number of para-hydroxylation sites is 1. The van der Waals surface area contributed by atoms with Crippen molar-refractivity contribution in [3.63, 3.8) is 0 Å². The molecule has 0 aliphatic carbocycles. The van der Waals surface area contributed by atoms with Crippen LogP contribution in [0.4, 0.5) is 16.0 Å². The van der Waals surface area contributed by atoms with Gasteiger partial charge in [-0.3, -0.25) is 10.1 Å². The Morgan fingerprint density at radius 3 is 2.67 bits per heavy atom. The van der Waals surface area contributed by atoms with Gasteiger partial charge < -0.3 is 9.64 Å². The van der Waals surface area contributed by atoms with E-state index in [2.05, 4.69) is 15.0 Å². The van der Waals surface area contributed by atoms with Crippen molar-refractivity contribution in [2.45, 2.75) is 0 Å². The predicted molar refractivity (Wildman–Crippen MR) is 72.3 cm³/mol. The Bertz CT molecular complexity index is 698. The number of hydrogen-bond acceptors (Lipinski definition) is 7. The van der Waals surface area contributed by atoms with Gasteiger partial charge in [-0.05, 0) is 17.7 Å². The Morgan fingerprint density at radius 2 is 2.05 bits per heavy atom. The van der Waals surface area contributed by atoms with Crippen LogP contribution in [0.15, 0.2) is 18.2 Å². The maximum absolute atomic E-state index is 13.7. The maximum atomic E-state index is 13.7. The molecule has 0 aliphatic rings. The van der Waals surface area contributed by atoms with Crippen molar-refractivity contribution in [2.75, 3.05) is 19.0 Å². The Balaban J connectivity index is 2.45. The van der Waals surface area contributed by atoms with E-state index in [9.17, 15) is 14.5 Å². The average Bonchev–Trinajstić information content (AvgIpc) is 2.40. The van der Waals surface area contributed by atoms with Crippen LogP contribution >= 0.6 is 11.6 Å². The molecule has 8 nitrogen and oxygen atoms in total. The van der Waals surface area contributed by atoms with Crippen molar-refractivity contribution < 1.29 is 14.1 Å². The number of nitro benzene ring substituents is 1. The van der Waals surface area contributed by atoms with Crippen LogP contribution in [-0.4, -0.2) is 34.0 Å². The van der Waals surface area contributed by atoms with E-state index in [-0.39, 0.29) is 17.2 Å². The van der Waals surface area contributed by atoms with Crippen LogP contribution in [0.5, 0.6) is 11.8 Å². The van der Waals surface area contributed by atoms with E-state index in [4.69, 9.17) is 16.3 Å². The van der Waals surface area contributed by atoms with Crippen molar-refractivity contribution in [3.8, 4) is 11.8 Å². The van der Waals surface area contributed by atoms with Crippen LogP contribution in [-0.2, 0) is 0 Å². The first-order chi connectivity index (χ1) is 9.88. The topological polar surface area (TPSA) is 94.3 Å². The predicted octanol–water partition coefficient (Wildman–Crippen LogP) is 2.43. The normalized spacial score (nSPS) is 10.3. The lowest BCUT2D eigenvalue weighted by atomic mass is 10.3. The SMILES string of the molecule is CN(C)c1nc(Cl)nc(Oc2c(F)cccc2[N+](=O)[O-])n1. The molecule has 1 aromatic carbocycles. The van der Waals surface area contributed by atoms with Crippen molar-refractivity contribution in [2.24, 2.45) is 0 Å². The number of halogens is 2. The molecule has 0 unspecified atom stereocenters. The molecule has 0 saturated heterocycles. The fourth-order valence-corrected chi connectivity index (χ4v) is 1.55. The molecule has 1 aromatic heterocycles. The van der Waals surface area contributed by atoms with Gasteiger partial charge in [0.2, 0.25) is 17.0 Å². The quantitative estimate of drug-likeness (QED) is 0.632. The Morgan fingerprint density at radius 1 is 1.33 bits per heavy atom. The number of aromatic nitrogens is 3. The molecule has 2 rings (SSSR count). The molecule has 2 aromatic rings. The van der Waals surface area contributed by atoms with E-state index in [1.165, 1.54) is 11.0 Å². The van der Waals surface area contributed by atoms with Crippen LogP contribution in [0.3, 0.4) is 0 Å². The summed E-state index contributed by atoms with van der Waals surface area (Å²) in [6, 6.07) is 2.99. The van der Waals surface area contributed by atoms with E-state index in [0.717, 1.165) is 12.1 Å². The average molecular weight is 314 g/mol. The van der Waals surface area contributed by atoms with E-state index >= 15 is 0 Å². The Kier molecular flexibility index (Phi) is 4.13. The van der Waals surface area contributed by atoms with Crippen LogP contribution < -0.4 is 9.64 Å². The van der Waals surface area contributed by atoms with Crippen molar-refractivity contribution in [3.05, 3.63) is 39.4 Å². The number of hydrogen-bond donors (Lipinski definition) is 0. The zero-order valence-electron chi connectivity index (χ0n) is 10.9. The lowest BCUT2D eigenvalue weighted by Crippen LogP contribution is -2.14. The highest BCUT2D eigenvalue weighted by molar-refractivity contribution is 6.28. The van der Waals surface area contributed by atoms with Gasteiger partial charge in [-0.1, -0.05) is 6.07 Å². The third-order valence-corrected chi connectivity index (χ3v) is 2.48. The second-order valence-electron chi connectivity index (χ2n) is 4.03. The molecule has 0 saturated carbocycles. The number of nitro groups is 1. The lowest BCUT2D eigenvalue weighted by Gasteiger charge is -2.11. The van der Waals surface area contributed by atoms with Gasteiger partial charge in [0.05, 0.1) is 4.92 Å². The van der Waals surface area contributed by atoms with E-state index in [0.29, 0.717) is 0 Å². The first kappa shape index (κ1) is 14.9. The fourth-order valence-electron chi connectivity index (χ4n) is 1.40. The minimum atomic E-state index is -0.910. The fraction of sp³-hybridized carbons (Fsp3) is 0.182. The third-order valence-electron chi connectivity index (χ3n) is 2.31. The van der Waals surface area contributed by atoms with Gasteiger partial charge in [-0.2, -0.15) is 15.0 Å². The molecule has 110 valence electrons. The summed E-state index contributed by atoms with van der Waals surface area (Å²) in [5.41, 5.74) is -0.544. The Labute approximate surface area is 123 Å². The number of anilines is 1. The number of rotatable bonds is 4. The molecule has 0 atom stereocenters. The molecule has 0 aliphatic heterocycles. The second-order valence-corrected chi connectivity index (χ2v) is 4.37. The largest absolute Gasteiger partial charge is 0.414 e. The highest BCUT2D eigenvalue weighted by atomic mass is 35.5. The Hall–Kier alpha value is -2.55. The molecule has 10 heteroatoms. The number of nitrogens with zero attached hydrogens (tertiary/aromatic N) is 5. The van der Waals surface area contributed by atoms with E-state index in [1.807, 2.05) is 0 Å². The summed E-state index contributed by atoms with van der Waals surface area (Å²) in [4.78, 5) is 23.0. The number of benzene rings is 1. The van der Waals surface area contributed by atoms with Crippen LogP contribution in [0, 0.1) is 15.9 Å². The zero-order chi connectivity index (χ0) is 15.6. The summed E-state index contributed by atoms with van der Waals surface area (Å²) in [5.74, 6) is -1.33. The van der Waals surface area contributed by atoms with Gasteiger partial charge in [0, 0.05) is 20.2 Å². The van der Waals surface area contributed by atoms with Crippen molar-refractivity contribution in [1.29, 1.82) is 0 Å². The summed E-state index contributed by atoms with van der Waals surface area (Å²) in [5, 5.41) is 10.7. The smallest absolute Gasteiger partial charge is 0.328 e. The van der Waals surface area contributed by atoms with E-state index < -0.39 is 22.2 Å². The van der Waals surface area contributed by atoms with Gasteiger partial charge in [0.1, 0.15) is 0 Å². The summed E-state index contributed by atoms with van der Waals surface area (Å²) < 4.78 is 18.8. The van der Waals surface area contributed by atoms with Crippen LogP contribution in [0.25, 0.3) is 0 Å². The van der Waals surface area contributed by atoms with Crippen LogP contribution in [0.2, 0.25) is 5.28 Å². The minimum absolute atomic E-state index is 0.170. The standard InChI is InChI=1S/C11H9ClFN5O3/c1-17(2)10-14-9(12)15-11(16-10)21-8-6(13)4-3-5-7(8)18(19)20/h3-5H,1-2H3. The second kappa shape index (κ2) is 5.83. The molecular weight excluding hydrogens is 305 g/mol. The molecule has 0 radical (unpaired) electrons. The molecule has 0 amide bonds. The highest BCUT2D eigenvalue weighted by Crippen LogP contribution is 2.32. The van der Waals surface area contributed by atoms with Gasteiger partial charge in [-0.15, -0.1) is 0 Å². The molecule has 0 fully saturated rings. The van der Waals surface area contributed by atoms with Gasteiger partial charge in [-0.25, -0.2) is 4.39 Å². The first-order valence-electron chi connectivity index (χ1n) is 5.58. The van der Waals surface area contributed by atoms with Gasteiger partial charge >= 0.3 is 11.7 Å². The third kappa shape index (κ3) is 3.31. The van der Waals surface area contributed by atoms with Crippen molar-refractivity contribution >= 4 is 23.2 Å².